The Morgan fingerprint density at radius 1 is 1.33 bits per heavy atom. The molecule has 2 unspecified atom stereocenters. The van der Waals surface area contributed by atoms with Gasteiger partial charge in [-0.15, -0.1) is 0 Å². The Balaban J connectivity index is 2.56. The highest BCUT2D eigenvalue weighted by molar-refractivity contribution is 6.04. The van der Waals surface area contributed by atoms with Crippen LogP contribution in [-0.4, -0.2) is 23.1 Å². The van der Waals surface area contributed by atoms with Crippen molar-refractivity contribution in [3.05, 3.63) is 35.4 Å². The lowest BCUT2D eigenvalue weighted by atomic mass is 9.88. The third-order valence-electron chi connectivity index (χ3n) is 2.45. The molecule has 4 heteroatoms. The minimum Gasteiger partial charge on any atom is -0.392 e. The molecule has 0 amide bonds. The molecule has 4 nitrogen and oxygen atoms in total. The van der Waals surface area contributed by atoms with Crippen LogP contribution in [0.5, 0.6) is 0 Å². The Morgan fingerprint density at radius 2 is 2.00 bits per heavy atom. The molecule has 1 aromatic rings. The van der Waals surface area contributed by atoms with E-state index < -0.39 is 24.0 Å². The van der Waals surface area contributed by atoms with E-state index in [0.29, 0.717) is 11.1 Å². The Labute approximate surface area is 86.5 Å². The fraction of sp³-hybridized carbons (Fsp3) is 0.273. The molecular weight excluding hydrogens is 196 g/mol. The summed E-state index contributed by atoms with van der Waals surface area (Å²) in [5.74, 6) is -2.10. The normalized spacial score (nSPS) is 21.9. The van der Waals surface area contributed by atoms with Crippen molar-refractivity contribution in [3.8, 4) is 0 Å². The van der Waals surface area contributed by atoms with E-state index in [-0.39, 0.29) is 0 Å². The number of esters is 2. The maximum atomic E-state index is 11.4. The molecular formula is C11H10O4. The molecule has 2 rings (SSSR count). The molecule has 0 bridgehead atoms. The van der Waals surface area contributed by atoms with Crippen LogP contribution in [0.2, 0.25) is 0 Å². The third-order valence-corrected chi connectivity index (χ3v) is 2.45. The lowest BCUT2D eigenvalue weighted by molar-refractivity contribution is -0.143. The number of aliphatic hydroxyl groups is 1. The molecule has 1 N–H and O–H groups in total. The summed E-state index contributed by atoms with van der Waals surface area (Å²) in [6, 6.07) is 6.65. The van der Waals surface area contributed by atoms with Crippen LogP contribution in [0, 0.1) is 0 Å². The predicted molar refractivity (Wildman–Crippen MR) is 51.3 cm³/mol. The van der Waals surface area contributed by atoms with E-state index in [9.17, 15) is 14.7 Å². The minimum atomic E-state index is -0.869. The lowest BCUT2D eigenvalue weighted by Gasteiger charge is -2.24. The molecule has 0 radical (unpaired) electrons. The first-order valence-electron chi connectivity index (χ1n) is 4.64. The van der Waals surface area contributed by atoms with Crippen molar-refractivity contribution in [2.24, 2.45) is 0 Å². The number of ether oxygens (including phenoxy) is 1. The van der Waals surface area contributed by atoms with Crippen molar-refractivity contribution < 1.29 is 19.4 Å². The van der Waals surface area contributed by atoms with Crippen LogP contribution in [0.25, 0.3) is 0 Å². The maximum Gasteiger partial charge on any atom is 0.346 e. The highest BCUT2D eigenvalue weighted by Gasteiger charge is 2.37. The fourth-order valence-electron chi connectivity index (χ4n) is 1.75. The van der Waals surface area contributed by atoms with Crippen molar-refractivity contribution in [3.63, 3.8) is 0 Å². The zero-order valence-corrected chi connectivity index (χ0v) is 8.14. The van der Waals surface area contributed by atoms with E-state index in [4.69, 9.17) is 0 Å². The molecule has 0 aliphatic carbocycles. The van der Waals surface area contributed by atoms with Gasteiger partial charge in [0.05, 0.1) is 11.7 Å². The second kappa shape index (κ2) is 3.47. The third kappa shape index (κ3) is 1.53. The van der Waals surface area contributed by atoms with Gasteiger partial charge in [0.2, 0.25) is 0 Å². The molecule has 0 fully saturated rings. The largest absolute Gasteiger partial charge is 0.392 e. The number of carbonyl (C=O) groups is 2. The number of aliphatic hydroxyl groups excluding tert-OH is 1. The molecule has 1 aliphatic heterocycles. The zero-order valence-electron chi connectivity index (χ0n) is 8.14. The van der Waals surface area contributed by atoms with Crippen molar-refractivity contribution in [1.82, 2.24) is 0 Å². The molecule has 1 aromatic carbocycles. The standard InChI is InChI=1S/C11H10O4/c1-6(12)9-7-4-2-3-5-8(7)10(13)15-11(9)14/h2-6,9,12H,1H3. The first-order valence-corrected chi connectivity index (χ1v) is 4.64. The van der Waals surface area contributed by atoms with Crippen LogP contribution in [0.15, 0.2) is 24.3 Å². The number of rotatable bonds is 1. The predicted octanol–water partition coefficient (Wildman–Crippen LogP) is 0.848. The van der Waals surface area contributed by atoms with Gasteiger partial charge >= 0.3 is 11.9 Å². The second-order valence-electron chi connectivity index (χ2n) is 3.51. The number of carbonyl (C=O) groups excluding carboxylic acids is 2. The molecule has 78 valence electrons. The number of fused-ring (bicyclic) bond motifs is 1. The van der Waals surface area contributed by atoms with Crippen LogP contribution in [0.1, 0.15) is 28.8 Å². The summed E-state index contributed by atoms with van der Waals surface area (Å²) in [6.07, 6.45) is -0.869. The van der Waals surface area contributed by atoms with Gasteiger partial charge < -0.3 is 9.84 Å². The Kier molecular flexibility index (Phi) is 2.28. The van der Waals surface area contributed by atoms with E-state index in [1.165, 1.54) is 6.92 Å². The van der Waals surface area contributed by atoms with Crippen LogP contribution in [0.4, 0.5) is 0 Å². The van der Waals surface area contributed by atoms with Gasteiger partial charge in [-0.2, -0.15) is 0 Å². The topological polar surface area (TPSA) is 63.6 Å². The van der Waals surface area contributed by atoms with E-state index >= 15 is 0 Å². The van der Waals surface area contributed by atoms with E-state index in [1.54, 1.807) is 24.3 Å². The summed E-state index contributed by atoms with van der Waals surface area (Å²) >= 11 is 0. The lowest BCUT2D eigenvalue weighted by Crippen LogP contribution is -2.33. The maximum absolute atomic E-state index is 11.4. The highest BCUT2D eigenvalue weighted by Crippen LogP contribution is 2.29. The Bertz CT molecular complexity index is 422. The fourth-order valence-corrected chi connectivity index (χ4v) is 1.75. The van der Waals surface area contributed by atoms with E-state index in [2.05, 4.69) is 4.74 Å². The zero-order chi connectivity index (χ0) is 11.0. The number of cyclic esters (lactones) is 2. The summed E-state index contributed by atoms with van der Waals surface area (Å²) in [6.45, 7) is 1.50. The van der Waals surface area contributed by atoms with Gasteiger partial charge in [-0.3, -0.25) is 4.79 Å². The monoisotopic (exact) mass is 206 g/mol. The van der Waals surface area contributed by atoms with Gasteiger partial charge in [0, 0.05) is 0 Å². The smallest absolute Gasteiger partial charge is 0.346 e. The summed E-state index contributed by atoms with van der Waals surface area (Å²) in [5.41, 5.74) is 0.886. The SMILES string of the molecule is CC(O)C1C(=O)OC(=O)c2ccccc21. The van der Waals surface area contributed by atoms with Crippen molar-refractivity contribution >= 4 is 11.9 Å². The molecule has 1 aliphatic rings. The van der Waals surface area contributed by atoms with Crippen LogP contribution in [-0.2, 0) is 9.53 Å². The summed E-state index contributed by atoms with van der Waals surface area (Å²) in [5, 5.41) is 9.47. The number of hydrogen-bond donors (Lipinski definition) is 1. The summed E-state index contributed by atoms with van der Waals surface area (Å²) in [7, 11) is 0. The summed E-state index contributed by atoms with van der Waals surface area (Å²) < 4.78 is 4.55. The molecule has 0 saturated carbocycles. The van der Waals surface area contributed by atoms with E-state index in [1.807, 2.05) is 0 Å². The molecule has 0 spiro atoms. The van der Waals surface area contributed by atoms with E-state index in [0.717, 1.165) is 0 Å². The first-order chi connectivity index (χ1) is 7.11. The average molecular weight is 206 g/mol. The molecule has 0 aromatic heterocycles. The van der Waals surface area contributed by atoms with Crippen LogP contribution >= 0.6 is 0 Å². The minimum absolute atomic E-state index is 0.350. The van der Waals surface area contributed by atoms with Crippen LogP contribution < -0.4 is 0 Å². The van der Waals surface area contributed by atoms with Gasteiger partial charge in [0.15, 0.2) is 0 Å². The Morgan fingerprint density at radius 3 is 2.67 bits per heavy atom. The first kappa shape index (κ1) is 9.86. The second-order valence-corrected chi connectivity index (χ2v) is 3.51. The molecule has 2 atom stereocenters. The van der Waals surface area contributed by atoms with Gasteiger partial charge in [-0.1, -0.05) is 18.2 Å². The van der Waals surface area contributed by atoms with Crippen molar-refractivity contribution in [2.45, 2.75) is 18.9 Å². The summed E-state index contributed by atoms with van der Waals surface area (Å²) in [4.78, 5) is 22.7. The quantitative estimate of drug-likeness (QED) is 0.546. The number of benzene rings is 1. The van der Waals surface area contributed by atoms with Gasteiger partial charge in [-0.25, -0.2) is 4.79 Å². The molecule has 15 heavy (non-hydrogen) atoms. The van der Waals surface area contributed by atoms with Crippen LogP contribution in [0.3, 0.4) is 0 Å². The van der Waals surface area contributed by atoms with Crippen molar-refractivity contribution in [1.29, 1.82) is 0 Å². The molecule has 1 heterocycles. The Hall–Kier alpha value is -1.68. The highest BCUT2D eigenvalue weighted by atomic mass is 16.6. The van der Waals surface area contributed by atoms with Gasteiger partial charge in [0.25, 0.3) is 0 Å². The number of hydrogen-bond acceptors (Lipinski definition) is 4. The molecule has 0 saturated heterocycles. The average Bonchev–Trinajstić information content (AvgIpc) is 2.17. The van der Waals surface area contributed by atoms with Gasteiger partial charge in [-0.05, 0) is 18.6 Å². The van der Waals surface area contributed by atoms with Crippen molar-refractivity contribution in [2.75, 3.05) is 0 Å². The van der Waals surface area contributed by atoms with Gasteiger partial charge in [0.1, 0.15) is 5.92 Å².